The van der Waals surface area contributed by atoms with Gasteiger partial charge in [0.15, 0.2) is 4.34 Å². The number of para-hydroxylation sites is 1. The van der Waals surface area contributed by atoms with Crippen LogP contribution in [0.5, 0.6) is 5.75 Å². The number of methoxy groups -OCH3 is 1. The lowest BCUT2D eigenvalue weighted by atomic mass is 10.1. The number of carbonyl (C=O) groups excluding carboxylic acids is 1. The predicted molar refractivity (Wildman–Crippen MR) is 136 cm³/mol. The normalized spacial score (nSPS) is 13.8. The zero-order valence-corrected chi connectivity index (χ0v) is 20.6. The Bertz CT molecular complexity index is 1050. The SMILES string of the molecule is CCc1ccccc1Nc1nnc(SCCC(=O)N2CCN(c3ccc(OC)cc3)CC2)s1. The topological polar surface area (TPSA) is 70.6 Å². The maximum Gasteiger partial charge on any atom is 0.223 e. The van der Waals surface area contributed by atoms with E-state index in [1.807, 2.05) is 29.2 Å². The molecule has 7 nitrogen and oxygen atoms in total. The number of ether oxygens (including phenoxy) is 1. The molecule has 2 heterocycles. The Kier molecular flexibility index (Phi) is 8.06. The van der Waals surface area contributed by atoms with E-state index in [1.165, 1.54) is 22.6 Å². The molecule has 1 aliphatic rings. The second kappa shape index (κ2) is 11.4. The molecule has 4 rings (SSSR count). The van der Waals surface area contributed by atoms with E-state index < -0.39 is 0 Å². The minimum atomic E-state index is 0.205. The van der Waals surface area contributed by atoms with Crippen LogP contribution in [0.4, 0.5) is 16.5 Å². The lowest BCUT2D eigenvalue weighted by Gasteiger charge is -2.36. The fraction of sp³-hybridized carbons (Fsp3) is 0.375. The molecule has 174 valence electrons. The smallest absolute Gasteiger partial charge is 0.223 e. The maximum absolute atomic E-state index is 12.7. The van der Waals surface area contributed by atoms with Crippen molar-refractivity contribution in [2.24, 2.45) is 0 Å². The van der Waals surface area contributed by atoms with Gasteiger partial charge in [-0.2, -0.15) is 0 Å². The van der Waals surface area contributed by atoms with Crippen LogP contribution in [0.25, 0.3) is 0 Å². The van der Waals surface area contributed by atoms with Gasteiger partial charge in [-0.15, -0.1) is 10.2 Å². The molecule has 1 aliphatic heterocycles. The number of nitrogens with one attached hydrogen (secondary N) is 1. The van der Waals surface area contributed by atoms with Crippen molar-refractivity contribution in [3.8, 4) is 5.75 Å². The summed E-state index contributed by atoms with van der Waals surface area (Å²) < 4.78 is 6.11. The summed E-state index contributed by atoms with van der Waals surface area (Å²) >= 11 is 3.11. The number of aromatic nitrogens is 2. The molecule has 0 aliphatic carbocycles. The third kappa shape index (κ3) is 6.17. The molecule has 1 aromatic heterocycles. The van der Waals surface area contributed by atoms with Gasteiger partial charge < -0.3 is 19.9 Å². The molecule has 0 bridgehead atoms. The van der Waals surface area contributed by atoms with Crippen LogP contribution in [0.1, 0.15) is 18.9 Å². The van der Waals surface area contributed by atoms with Crippen molar-refractivity contribution in [1.29, 1.82) is 0 Å². The van der Waals surface area contributed by atoms with Gasteiger partial charge in [-0.1, -0.05) is 48.2 Å². The summed E-state index contributed by atoms with van der Waals surface area (Å²) in [5.74, 6) is 1.77. The second-order valence-corrected chi connectivity index (χ2v) is 9.99. The Morgan fingerprint density at radius 2 is 1.85 bits per heavy atom. The average Bonchev–Trinajstić information content (AvgIpc) is 3.31. The fourth-order valence-corrected chi connectivity index (χ4v) is 5.54. The summed E-state index contributed by atoms with van der Waals surface area (Å²) in [6.45, 7) is 5.32. The highest BCUT2D eigenvalue weighted by Gasteiger charge is 2.21. The first-order chi connectivity index (χ1) is 16.2. The Morgan fingerprint density at radius 3 is 2.58 bits per heavy atom. The van der Waals surface area contributed by atoms with E-state index in [4.69, 9.17) is 4.74 Å². The average molecular weight is 484 g/mol. The summed E-state index contributed by atoms with van der Waals surface area (Å²) in [5.41, 5.74) is 3.48. The van der Waals surface area contributed by atoms with Gasteiger partial charge in [-0.05, 0) is 42.3 Å². The molecule has 0 unspecified atom stereocenters. The molecular formula is C24H29N5O2S2. The van der Waals surface area contributed by atoms with Crippen molar-refractivity contribution in [2.45, 2.75) is 24.1 Å². The van der Waals surface area contributed by atoms with Gasteiger partial charge in [0.2, 0.25) is 11.0 Å². The first-order valence-electron chi connectivity index (χ1n) is 11.1. The van der Waals surface area contributed by atoms with Crippen LogP contribution in [0.2, 0.25) is 0 Å². The molecule has 0 spiro atoms. The predicted octanol–water partition coefficient (Wildman–Crippen LogP) is 4.68. The van der Waals surface area contributed by atoms with E-state index in [1.54, 1.807) is 18.9 Å². The monoisotopic (exact) mass is 483 g/mol. The molecule has 2 aromatic carbocycles. The van der Waals surface area contributed by atoms with Crippen LogP contribution in [0.15, 0.2) is 52.9 Å². The molecular weight excluding hydrogens is 454 g/mol. The maximum atomic E-state index is 12.7. The first-order valence-corrected chi connectivity index (χ1v) is 12.9. The van der Waals surface area contributed by atoms with Gasteiger partial charge in [-0.25, -0.2) is 0 Å². The van der Waals surface area contributed by atoms with Crippen LogP contribution in [0, 0.1) is 0 Å². The lowest BCUT2D eigenvalue weighted by Crippen LogP contribution is -2.48. The van der Waals surface area contributed by atoms with E-state index >= 15 is 0 Å². The summed E-state index contributed by atoms with van der Waals surface area (Å²) in [6.07, 6.45) is 1.47. The number of anilines is 3. The lowest BCUT2D eigenvalue weighted by molar-refractivity contribution is -0.131. The number of amides is 1. The Hall–Kier alpha value is -2.78. The molecule has 1 N–H and O–H groups in total. The second-order valence-electron chi connectivity index (χ2n) is 7.67. The van der Waals surface area contributed by atoms with Crippen LogP contribution < -0.4 is 15.0 Å². The summed E-state index contributed by atoms with van der Waals surface area (Å²) in [4.78, 5) is 16.9. The number of rotatable bonds is 9. The molecule has 9 heteroatoms. The zero-order chi connectivity index (χ0) is 23.0. The molecule has 1 fully saturated rings. The van der Waals surface area contributed by atoms with Gasteiger partial charge in [0.05, 0.1) is 7.11 Å². The molecule has 0 radical (unpaired) electrons. The van der Waals surface area contributed by atoms with Crippen molar-refractivity contribution in [1.82, 2.24) is 15.1 Å². The Labute approximate surface area is 203 Å². The minimum absolute atomic E-state index is 0.205. The number of carbonyl (C=O) groups is 1. The Morgan fingerprint density at radius 1 is 1.09 bits per heavy atom. The molecule has 1 amide bonds. The highest BCUT2D eigenvalue weighted by Crippen LogP contribution is 2.29. The molecule has 1 saturated heterocycles. The van der Waals surface area contributed by atoms with E-state index in [0.29, 0.717) is 12.2 Å². The number of piperazine rings is 1. The highest BCUT2D eigenvalue weighted by atomic mass is 32.2. The molecule has 0 atom stereocenters. The van der Waals surface area contributed by atoms with Gasteiger partial charge >= 0.3 is 0 Å². The van der Waals surface area contributed by atoms with Crippen molar-refractivity contribution in [3.05, 3.63) is 54.1 Å². The standard InChI is InChI=1S/C24H29N5O2S2/c1-3-18-6-4-5-7-21(18)25-23-26-27-24(33-23)32-17-12-22(30)29-15-13-28(14-16-29)19-8-10-20(31-2)11-9-19/h4-11H,3,12-17H2,1-2H3,(H,25,26). The summed E-state index contributed by atoms with van der Waals surface area (Å²) in [7, 11) is 1.67. The molecule has 33 heavy (non-hydrogen) atoms. The number of benzene rings is 2. The third-order valence-electron chi connectivity index (χ3n) is 5.66. The van der Waals surface area contributed by atoms with E-state index in [-0.39, 0.29) is 5.91 Å². The first kappa shape index (κ1) is 23.4. The van der Waals surface area contributed by atoms with Gasteiger partial charge in [0, 0.05) is 49.7 Å². The quantitative estimate of drug-likeness (QED) is 0.443. The van der Waals surface area contributed by atoms with E-state index in [2.05, 4.69) is 51.6 Å². The zero-order valence-electron chi connectivity index (χ0n) is 19.0. The van der Waals surface area contributed by atoms with Crippen LogP contribution in [0.3, 0.4) is 0 Å². The number of aryl methyl sites for hydroxylation is 1. The van der Waals surface area contributed by atoms with Crippen LogP contribution in [-0.2, 0) is 11.2 Å². The van der Waals surface area contributed by atoms with Gasteiger partial charge in [0.1, 0.15) is 5.75 Å². The number of hydrogen-bond donors (Lipinski definition) is 1. The Balaban J connectivity index is 1.20. The van der Waals surface area contributed by atoms with Gasteiger partial charge in [-0.3, -0.25) is 4.79 Å². The number of nitrogens with zero attached hydrogens (tertiary/aromatic N) is 4. The van der Waals surface area contributed by atoms with E-state index in [9.17, 15) is 4.79 Å². The summed E-state index contributed by atoms with van der Waals surface area (Å²) in [6, 6.07) is 16.3. The fourth-order valence-electron chi connectivity index (χ4n) is 3.78. The summed E-state index contributed by atoms with van der Waals surface area (Å²) in [5, 5.41) is 12.7. The van der Waals surface area contributed by atoms with Gasteiger partial charge in [0.25, 0.3) is 0 Å². The van der Waals surface area contributed by atoms with Crippen LogP contribution in [-0.4, -0.2) is 60.0 Å². The molecule has 3 aromatic rings. The third-order valence-corrected chi connectivity index (χ3v) is 7.63. The highest BCUT2D eigenvalue weighted by molar-refractivity contribution is 8.01. The van der Waals surface area contributed by atoms with Crippen LogP contribution >= 0.6 is 23.1 Å². The minimum Gasteiger partial charge on any atom is -0.497 e. The van der Waals surface area contributed by atoms with Crippen molar-refractivity contribution < 1.29 is 9.53 Å². The van der Waals surface area contributed by atoms with Crippen molar-refractivity contribution in [2.75, 3.05) is 49.3 Å². The number of hydrogen-bond acceptors (Lipinski definition) is 8. The van der Waals surface area contributed by atoms with Crippen molar-refractivity contribution in [3.63, 3.8) is 0 Å². The van der Waals surface area contributed by atoms with E-state index in [0.717, 1.165) is 53.5 Å². The number of thioether (sulfide) groups is 1. The van der Waals surface area contributed by atoms with Crippen molar-refractivity contribution >= 4 is 45.5 Å². The largest absolute Gasteiger partial charge is 0.497 e. The molecule has 0 saturated carbocycles.